The summed E-state index contributed by atoms with van der Waals surface area (Å²) in [5, 5.41) is 8.68. The fraction of sp³-hybridized carbons (Fsp3) is 0.667. The molecule has 0 radical (unpaired) electrons. The minimum Gasteiger partial charge on any atom is -0.193 e. The summed E-state index contributed by atoms with van der Waals surface area (Å²) in [4.78, 5) is 0. The van der Waals surface area contributed by atoms with Gasteiger partial charge in [-0.1, -0.05) is 56.5 Å². The maximum Gasteiger partial charge on any atom is 0.0908 e. The van der Waals surface area contributed by atoms with Crippen molar-refractivity contribution in [1.82, 2.24) is 0 Å². The molecule has 0 bridgehead atoms. The maximum absolute atomic E-state index is 8.68. The summed E-state index contributed by atoms with van der Waals surface area (Å²) in [5.74, 6) is 3.38. The number of nitrogens with zero attached hydrogens (tertiary/aromatic N) is 1. The summed E-state index contributed by atoms with van der Waals surface area (Å²) in [6, 6.07) is 11.7. The predicted molar refractivity (Wildman–Crippen MR) is 119 cm³/mol. The van der Waals surface area contributed by atoms with Crippen molar-refractivity contribution in [2.75, 3.05) is 0 Å². The van der Waals surface area contributed by atoms with E-state index in [-0.39, 0.29) is 0 Å². The largest absolute Gasteiger partial charge is 0.193 e. The molecule has 0 unspecified atom stereocenters. The van der Waals surface area contributed by atoms with Crippen molar-refractivity contribution >= 4 is 0 Å². The van der Waals surface area contributed by atoms with E-state index in [9.17, 15) is 0 Å². The van der Waals surface area contributed by atoms with Crippen LogP contribution in [0.15, 0.2) is 36.4 Å². The summed E-state index contributed by atoms with van der Waals surface area (Å²) in [6.07, 6.45) is 21.5. The van der Waals surface area contributed by atoms with Crippen molar-refractivity contribution in [1.29, 1.82) is 5.26 Å². The van der Waals surface area contributed by atoms with Crippen molar-refractivity contribution in [3.63, 3.8) is 0 Å². The molecule has 0 spiro atoms. The van der Waals surface area contributed by atoms with Crippen LogP contribution in [0, 0.1) is 29.1 Å². The van der Waals surface area contributed by atoms with Gasteiger partial charge in [-0.2, -0.15) is 5.26 Å². The first-order valence-corrected chi connectivity index (χ1v) is 11.9. The van der Waals surface area contributed by atoms with Gasteiger partial charge in [0.15, 0.2) is 0 Å². The van der Waals surface area contributed by atoms with Crippen molar-refractivity contribution < 1.29 is 0 Å². The Kier molecular flexibility index (Phi) is 8.66. The van der Waals surface area contributed by atoms with Crippen molar-refractivity contribution in [3.8, 4) is 6.07 Å². The highest BCUT2D eigenvalue weighted by Gasteiger charge is 2.24. The highest BCUT2D eigenvalue weighted by Crippen LogP contribution is 2.40. The lowest BCUT2D eigenvalue weighted by Crippen LogP contribution is -2.17. The second kappa shape index (κ2) is 11.5. The molecule has 0 amide bonds. The van der Waals surface area contributed by atoms with E-state index in [2.05, 4.69) is 43.3 Å². The van der Waals surface area contributed by atoms with E-state index >= 15 is 0 Å². The third-order valence-corrected chi connectivity index (χ3v) is 7.43. The van der Waals surface area contributed by atoms with Crippen LogP contribution >= 0.6 is 0 Å². The molecule has 152 valence electrons. The van der Waals surface area contributed by atoms with Gasteiger partial charge in [0.05, 0.1) is 6.07 Å². The van der Waals surface area contributed by atoms with Crippen LogP contribution in [-0.2, 0) is 6.42 Å². The molecule has 0 saturated heterocycles. The van der Waals surface area contributed by atoms with Crippen LogP contribution in [0.2, 0.25) is 0 Å². The number of aryl methyl sites for hydroxylation is 1. The average molecular weight is 378 g/mol. The first kappa shape index (κ1) is 21.2. The molecule has 2 aliphatic carbocycles. The van der Waals surface area contributed by atoms with Gasteiger partial charge in [0.1, 0.15) is 0 Å². The van der Waals surface area contributed by atoms with Crippen LogP contribution in [0.1, 0.15) is 101 Å². The van der Waals surface area contributed by atoms with E-state index in [0.29, 0.717) is 5.92 Å². The van der Waals surface area contributed by atoms with E-state index < -0.39 is 0 Å². The molecule has 28 heavy (non-hydrogen) atoms. The molecule has 2 aliphatic rings. The Balaban J connectivity index is 1.34. The average Bonchev–Trinajstić information content (AvgIpc) is 2.76. The van der Waals surface area contributed by atoms with Gasteiger partial charge in [0.2, 0.25) is 0 Å². The molecule has 2 saturated carbocycles. The van der Waals surface area contributed by atoms with E-state index in [4.69, 9.17) is 5.26 Å². The summed E-state index contributed by atoms with van der Waals surface area (Å²) in [7, 11) is 0. The van der Waals surface area contributed by atoms with Gasteiger partial charge in [-0.15, -0.1) is 0 Å². The topological polar surface area (TPSA) is 23.8 Å². The maximum atomic E-state index is 8.68. The summed E-state index contributed by atoms with van der Waals surface area (Å²) < 4.78 is 0. The minimum absolute atomic E-state index is 0.666. The second-order valence-electron chi connectivity index (χ2n) is 9.41. The summed E-state index contributed by atoms with van der Waals surface area (Å²) in [5.41, 5.74) is 3.10. The number of hydrogen-bond acceptors (Lipinski definition) is 1. The molecule has 1 aromatic carbocycles. The third-order valence-electron chi connectivity index (χ3n) is 7.43. The number of allylic oxidation sites excluding steroid dienone is 2. The highest BCUT2D eigenvalue weighted by molar-refractivity contribution is 5.26. The van der Waals surface area contributed by atoms with Crippen LogP contribution in [0.5, 0.6) is 0 Å². The standard InChI is InChI=1S/C27H39N/c1-2-3-5-22-13-17-26(18-14-22)27-19-15-25(16-20-27)12-11-24-9-7-23(8-10-24)6-4-21-28/h4,6,13-14,17-18,23-25,27H,2-3,5,7-12,15-16,19-20H2,1H3. The number of nitriles is 1. The SMILES string of the molecule is CCCCc1ccc(C2CCC(CCC3CCC(C=CC#N)CC3)CC2)cc1. The molecule has 0 atom stereocenters. The van der Waals surface area contributed by atoms with Crippen LogP contribution < -0.4 is 0 Å². The molecule has 1 aromatic rings. The molecule has 2 fully saturated rings. The summed E-state index contributed by atoms with van der Waals surface area (Å²) in [6.45, 7) is 2.27. The van der Waals surface area contributed by atoms with Gasteiger partial charge in [-0.25, -0.2) is 0 Å². The highest BCUT2D eigenvalue weighted by atomic mass is 14.3. The fourth-order valence-corrected chi connectivity index (χ4v) is 5.44. The Hall–Kier alpha value is -1.55. The number of benzene rings is 1. The lowest BCUT2D eigenvalue weighted by molar-refractivity contribution is 0.246. The van der Waals surface area contributed by atoms with Gasteiger partial charge in [0, 0.05) is 6.08 Å². The first-order valence-electron chi connectivity index (χ1n) is 11.9. The van der Waals surface area contributed by atoms with Crippen molar-refractivity contribution in [2.45, 2.75) is 96.3 Å². The quantitative estimate of drug-likeness (QED) is 0.421. The smallest absolute Gasteiger partial charge is 0.0908 e. The molecule has 0 aromatic heterocycles. The minimum atomic E-state index is 0.666. The normalized spacial score (nSPS) is 28.3. The molecule has 1 nitrogen and oxygen atoms in total. The second-order valence-corrected chi connectivity index (χ2v) is 9.41. The van der Waals surface area contributed by atoms with Crippen LogP contribution in [0.3, 0.4) is 0 Å². The zero-order valence-electron chi connectivity index (χ0n) is 17.9. The van der Waals surface area contributed by atoms with Gasteiger partial charge in [-0.3, -0.25) is 0 Å². The first-order chi connectivity index (χ1) is 13.8. The molecule has 1 heteroatoms. The molecular weight excluding hydrogens is 338 g/mol. The molecule has 0 heterocycles. The Morgan fingerprint density at radius 3 is 2.07 bits per heavy atom. The van der Waals surface area contributed by atoms with Gasteiger partial charge in [-0.05, 0) is 99.0 Å². The van der Waals surface area contributed by atoms with Gasteiger partial charge >= 0.3 is 0 Å². The van der Waals surface area contributed by atoms with Crippen molar-refractivity contribution in [3.05, 3.63) is 47.5 Å². The zero-order chi connectivity index (χ0) is 19.6. The molecule has 0 aliphatic heterocycles. The molecular formula is C27H39N. The van der Waals surface area contributed by atoms with Crippen molar-refractivity contribution in [2.24, 2.45) is 17.8 Å². The van der Waals surface area contributed by atoms with Crippen LogP contribution in [-0.4, -0.2) is 0 Å². The summed E-state index contributed by atoms with van der Waals surface area (Å²) >= 11 is 0. The Morgan fingerprint density at radius 1 is 0.893 bits per heavy atom. The zero-order valence-corrected chi connectivity index (χ0v) is 17.9. The lowest BCUT2D eigenvalue weighted by Gasteiger charge is -2.31. The van der Waals surface area contributed by atoms with Gasteiger partial charge in [0.25, 0.3) is 0 Å². The number of hydrogen-bond donors (Lipinski definition) is 0. The van der Waals surface area contributed by atoms with Crippen LogP contribution in [0.4, 0.5) is 0 Å². The monoisotopic (exact) mass is 377 g/mol. The predicted octanol–water partition coefficient (Wildman–Crippen LogP) is 7.97. The number of rotatable bonds is 8. The molecule has 3 rings (SSSR count). The van der Waals surface area contributed by atoms with E-state index in [1.165, 1.54) is 89.0 Å². The van der Waals surface area contributed by atoms with E-state index in [0.717, 1.165) is 17.8 Å². The van der Waals surface area contributed by atoms with E-state index in [1.807, 2.05) is 0 Å². The fourth-order valence-electron chi connectivity index (χ4n) is 5.44. The Bertz CT molecular complexity index is 619. The third kappa shape index (κ3) is 6.51. The van der Waals surface area contributed by atoms with Crippen LogP contribution in [0.25, 0.3) is 0 Å². The van der Waals surface area contributed by atoms with Gasteiger partial charge < -0.3 is 0 Å². The lowest BCUT2D eigenvalue weighted by atomic mass is 9.74. The molecule has 0 N–H and O–H groups in total. The van der Waals surface area contributed by atoms with E-state index in [1.54, 1.807) is 11.6 Å². The Labute approximate surface area is 173 Å². The Morgan fingerprint density at radius 2 is 1.50 bits per heavy atom. The number of unbranched alkanes of at least 4 members (excludes halogenated alkanes) is 1.